The Morgan fingerprint density at radius 2 is 2.00 bits per heavy atom. The Hall–Kier alpha value is -2.93. The van der Waals surface area contributed by atoms with Crippen molar-refractivity contribution in [2.45, 2.75) is 19.4 Å². The van der Waals surface area contributed by atoms with Gasteiger partial charge >= 0.3 is 0 Å². The number of morpholine rings is 1. The monoisotopic (exact) mass is 380 g/mol. The maximum atomic E-state index is 12.6. The molecule has 0 unspecified atom stereocenters. The third-order valence-electron chi connectivity index (χ3n) is 5.07. The molecule has 1 aromatic heterocycles. The number of nitrogens with one attached hydrogen (secondary N) is 1. The van der Waals surface area contributed by atoms with Crippen LogP contribution in [0.25, 0.3) is 0 Å². The van der Waals surface area contributed by atoms with Crippen molar-refractivity contribution >= 4 is 23.3 Å². The molecular weight excluding hydrogens is 356 g/mol. The second-order valence-corrected chi connectivity index (χ2v) is 7.08. The van der Waals surface area contributed by atoms with E-state index in [0.29, 0.717) is 37.4 Å². The fraction of sp³-hybridized carbons (Fsp3) is 0.381. The summed E-state index contributed by atoms with van der Waals surface area (Å²) in [6.07, 6.45) is 3.20. The summed E-state index contributed by atoms with van der Waals surface area (Å²) < 4.78 is 5.36. The van der Waals surface area contributed by atoms with Crippen molar-refractivity contribution in [1.29, 1.82) is 0 Å². The van der Waals surface area contributed by atoms with E-state index in [0.717, 1.165) is 37.4 Å². The Morgan fingerprint density at radius 1 is 1.14 bits per heavy atom. The number of carbonyl (C=O) groups excluding carboxylic acids is 2. The van der Waals surface area contributed by atoms with E-state index >= 15 is 0 Å². The first-order valence-electron chi connectivity index (χ1n) is 9.66. The first kappa shape index (κ1) is 18.4. The van der Waals surface area contributed by atoms with Crippen LogP contribution >= 0.6 is 0 Å². The molecule has 2 aliphatic rings. The number of nitrogens with zero attached hydrogens (tertiary/aromatic N) is 3. The van der Waals surface area contributed by atoms with Gasteiger partial charge in [0.25, 0.3) is 5.91 Å². The topological polar surface area (TPSA) is 74.8 Å². The molecule has 0 bridgehead atoms. The van der Waals surface area contributed by atoms with Gasteiger partial charge < -0.3 is 19.9 Å². The van der Waals surface area contributed by atoms with E-state index < -0.39 is 0 Å². The van der Waals surface area contributed by atoms with Crippen molar-refractivity contribution in [3.05, 3.63) is 53.7 Å². The van der Waals surface area contributed by atoms with Gasteiger partial charge in [-0.25, -0.2) is 4.98 Å². The van der Waals surface area contributed by atoms with Crippen molar-refractivity contribution in [3.63, 3.8) is 0 Å². The second-order valence-electron chi connectivity index (χ2n) is 7.08. The highest BCUT2D eigenvalue weighted by molar-refractivity contribution is 6.04. The molecule has 0 saturated carbocycles. The fourth-order valence-corrected chi connectivity index (χ4v) is 3.55. The van der Waals surface area contributed by atoms with Crippen LogP contribution in [-0.2, 0) is 16.1 Å². The van der Waals surface area contributed by atoms with Gasteiger partial charge in [-0.2, -0.15) is 0 Å². The third-order valence-corrected chi connectivity index (χ3v) is 5.07. The predicted molar refractivity (Wildman–Crippen MR) is 106 cm³/mol. The molecule has 7 heteroatoms. The van der Waals surface area contributed by atoms with Crippen molar-refractivity contribution in [2.75, 3.05) is 43.1 Å². The Kier molecular flexibility index (Phi) is 5.53. The number of benzene rings is 1. The summed E-state index contributed by atoms with van der Waals surface area (Å²) in [5, 5.41) is 2.89. The number of hydrogen-bond acceptors (Lipinski definition) is 5. The summed E-state index contributed by atoms with van der Waals surface area (Å²) in [5.41, 5.74) is 2.19. The van der Waals surface area contributed by atoms with E-state index in [1.165, 1.54) is 0 Å². The van der Waals surface area contributed by atoms with E-state index in [-0.39, 0.29) is 11.8 Å². The molecule has 146 valence electrons. The number of ether oxygens (including phenoxy) is 1. The van der Waals surface area contributed by atoms with E-state index in [1.807, 2.05) is 35.2 Å². The number of hydrogen-bond donors (Lipinski definition) is 1. The molecule has 2 saturated heterocycles. The van der Waals surface area contributed by atoms with Crippen molar-refractivity contribution < 1.29 is 14.3 Å². The van der Waals surface area contributed by atoms with Crippen LogP contribution in [0.2, 0.25) is 0 Å². The minimum Gasteiger partial charge on any atom is -0.378 e. The third kappa shape index (κ3) is 4.31. The van der Waals surface area contributed by atoms with Crippen LogP contribution in [0.3, 0.4) is 0 Å². The molecule has 3 heterocycles. The van der Waals surface area contributed by atoms with E-state index in [9.17, 15) is 9.59 Å². The van der Waals surface area contributed by atoms with Gasteiger partial charge in [-0.05, 0) is 36.2 Å². The number of aromatic nitrogens is 1. The Morgan fingerprint density at radius 3 is 2.71 bits per heavy atom. The summed E-state index contributed by atoms with van der Waals surface area (Å²) in [6.45, 7) is 4.40. The molecule has 2 aliphatic heterocycles. The lowest BCUT2D eigenvalue weighted by Crippen LogP contribution is -2.36. The van der Waals surface area contributed by atoms with Gasteiger partial charge in [-0.1, -0.05) is 12.1 Å². The quantitative estimate of drug-likeness (QED) is 0.862. The number of likely N-dealkylation sites (tertiary alicyclic amines) is 1. The lowest BCUT2D eigenvalue weighted by molar-refractivity contribution is -0.128. The standard InChI is InChI=1S/C21H24N4O3/c26-20-5-2-8-25(20)15-16-3-1-4-17(13-16)21(27)23-18-6-7-19(22-14-18)24-9-11-28-12-10-24/h1,3-4,6-7,13-14H,2,5,8-12,15H2,(H,23,27). The first-order valence-corrected chi connectivity index (χ1v) is 9.66. The SMILES string of the molecule is O=C(Nc1ccc(N2CCOCC2)nc1)c1cccc(CN2CCCC2=O)c1. The number of pyridine rings is 1. The Labute approximate surface area is 164 Å². The predicted octanol–water partition coefficient (Wildman–Crippen LogP) is 2.29. The molecule has 2 amide bonds. The molecule has 0 spiro atoms. The zero-order chi connectivity index (χ0) is 19.3. The summed E-state index contributed by atoms with van der Waals surface area (Å²) >= 11 is 0. The van der Waals surface area contributed by atoms with Crippen LogP contribution in [-0.4, -0.2) is 54.5 Å². The van der Waals surface area contributed by atoms with Crippen LogP contribution in [0.1, 0.15) is 28.8 Å². The average molecular weight is 380 g/mol. The highest BCUT2D eigenvalue weighted by Crippen LogP contribution is 2.18. The Balaban J connectivity index is 1.39. The lowest BCUT2D eigenvalue weighted by atomic mass is 10.1. The molecule has 7 nitrogen and oxygen atoms in total. The maximum Gasteiger partial charge on any atom is 0.255 e. The zero-order valence-electron chi connectivity index (χ0n) is 15.8. The van der Waals surface area contributed by atoms with Crippen LogP contribution in [0.4, 0.5) is 11.5 Å². The van der Waals surface area contributed by atoms with Gasteiger partial charge in [0.15, 0.2) is 0 Å². The Bertz CT molecular complexity index is 847. The van der Waals surface area contributed by atoms with Crippen LogP contribution in [0.15, 0.2) is 42.6 Å². The molecular formula is C21H24N4O3. The highest BCUT2D eigenvalue weighted by Gasteiger charge is 2.20. The minimum absolute atomic E-state index is 0.182. The molecule has 0 atom stereocenters. The molecule has 0 radical (unpaired) electrons. The van der Waals surface area contributed by atoms with E-state index in [4.69, 9.17) is 4.74 Å². The summed E-state index contributed by atoms with van der Waals surface area (Å²) in [5.74, 6) is 0.885. The van der Waals surface area contributed by atoms with Crippen molar-refractivity contribution in [3.8, 4) is 0 Å². The van der Waals surface area contributed by atoms with Gasteiger partial charge in [0, 0.05) is 38.2 Å². The number of anilines is 2. The van der Waals surface area contributed by atoms with Crippen LogP contribution < -0.4 is 10.2 Å². The number of amides is 2. The molecule has 0 aliphatic carbocycles. The van der Waals surface area contributed by atoms with E-state index in [2.05, 4.69) is 15.2 Å². The number of carbonyl (C=O) groups is 2. The summed E-state index contributed by atoms with van der Waals surface area (Å²) in [7, 11) is 0. The molecule has 1 aromatic carbocycles. The van der Waals surface area contributed by atoms with Gasteiger partial charge in [0.05, 0.1) is 25.1 Å². The fourth-order valence-electron chi connectivity index (χ4n) is 3.55. The number of rotatable bonds is 5. The minimum atomic E-state index is -0.185. The van der Waals surface area contributed by atoms with Crippen molar-refractivity contribution in [2.24, 2.45) is 0 Å². The molecule has 28 heavy (non-hydrogen) atoms. The molecule has 4 rings (SSSR count). The summed E-state index contributed by atoms with van der Waals surface area (Å²) in [4.78, 5) is 32.9. The maximum absolute atomic E-state index is 12.6. The van der Waals surface area contributed by atoms with Crippen LogP contribution in [0.5, 0.6) is 0 Å². The molecule has 2 fully saturated rings. The van der Waals surface area contributed by atoms with Gasteiger partial charge in [-0.3, -0.25) is 9.59 Å². The molecule has 2 aromatic rings. The van der Waals surface area contributed by atoms with Crippen LogP contribution in [0, 0.1) is 0 Å². The van der Waals surface area contributed by atoms with Crippen molar-refractivity contribution in [1.82, 2.24) is 9.88 Å². The highest BCUT2D eigenvalue weighted by atomic mass is 16.5. The van der Waals surface area contributed by atoms with Gasteiger partial charge in [-0.15, -0.1) is 0 Å². The first-order chi connectivity index (χ1) is 13.7. The zero-order valence-corrected chi connectivity index (χ0v) is 15.8. The van der Waals surface area contributed by atoms with E-state index in [1.54, 1.807) is 12.3 Å². The smallest absolute Gasteiger partial charge is 0.255 e. The van der Waals surface area contributed by atoms with Gasteiger partial charge in [0.2, 0.25) is 5.91 Å². The molecule has 1 N–H and O–H groups in total. The lowest BCUT2D eigenvalue weighted by Gasteiger charge is -2.27. The average Bonchev–Trinajstić information content (AvgIpc) is 3.14. The summed E-state index contributed by atoms with van der Waals surface area (Å²) in [6, 6.07) is 11.2. The second kappa shape index (κ2) is 8.39. The normalized spacial score (nSPS) is 17.1. The largest absolute Gasteiger partial charge is 0.378 e. The van der Waals surface area contributed by atoms with Gasteiger partial charge in [0.1, 0.15) is 5.82 Å².